The number of fused-ring (bicyclic) bond motifs is 1. The van der Waals surface area contributed by atoms with Gasteiger partial charge in [0.05, 0.1) is 4.70 Å². The average Bonchev–Trinajstić information content (AvgIpc) is 3.70. The summed E-state index contributed by atoms with van der Waals surface area (Å²) in [5.74, 6) is -2.79. The first-order chi connectivity index (χ1) is 30.4. The van der Waals surface area contributed by atoms with Crippen molar-refractivity contribution in [1.82, 2.24) is 31.2 Å². The molecule has 4 aromatic carbocycles. The van der Waals surface area contributed by atoms with Crippen LogP contribution in [0.4, 0.5) is 4.39 Å². The molecule has 0 bridgehead atoms. The SMILES string of the molecule is O=C(CCNCCc1cccc(F)c1)N(CCNCCc1ccc(O)c2[nH]c(=O)sc12)C1CCCCC1.O=C(O)CNC(=O)c1ccccc1.O=C(O)CNC(=O)c1ccccc1. The number of aliphatic carboxylic acids is 2. The van der Waals surface area contributed by atoms with Gasteiger partial charge in [-0.2, -0.15) is 0 Å². The maximum atomic E-state index is 13.3. The molecular weight excluding hydrogens is 832 g/mol. The number of phenolic OH excluding ortho intramolecular Hbond substituents is 1. The van der Waals surface area contributed by atoms with Crippen molar-refractivity contribution in [3.05, 3.63) is 135 Å². The molecule has 1 heterocycles. The quantitative estimate of drug-likeness (QED) is 0.0518. The van der Waals surface area contributed by atoms with Gasteiger partial charge in [0.1, 0.15) is 30.2 Å². The van der Waals surface area contributed by atoms with Crippen LogP contribution >= 0.6 is 11.3 Å². The molecule has 1 aliphatic carbocycles. The van der Waals surface area contributed by atoms with Crippen molar-refractivity contribution in [3.63, 3.8) is 0 Å². The molecule has 17 heteroatoms. The minimum atomic E-state index is -1.05. The fourth-order valence-electron chi connectivity index (χ4n) is 6.81. The number of nitrogens with zero attached hydrogens (tertiary/aromatic N) is 1. The largest absolute Gasteiger partial charge is 0.506 e. The van der Waals surface area contributed by atoms with Crippen LogP contribution in [0.5, 0.6) is 5.75 Å². The summed E-state index contributed by atoms with van der Waals surface area (Å²) in [6.45, 7) is 2.72. The van der Waals surface area contributed by atoms with Crippen molar-refractivity contribution in [2.45, 2.75) is 57.4 Å². The lowest BCUT2D eigenvalue weighted by Crippen LogP contribution is -2.45. The van der Waals surface area contributed by atoms with Gasteiger partial charge >= 0.3 is 16.8 Å². The van der Waals surface area contributed by atoms with Gasteiger partial charge in [-0.05, 0) is 92.4 Å². The first-order valence-electron chi connectivity index (χ1n) is 20.8. The predicted molar refractivity (Wildman–Crippen MR) is 240 cm³/mol. The molecule has 6 rings (SSSR count). The van der Waals surface area contributed by atoms with Crippen LogP contribution in [0.1, 0.15) is 70.4 Å². The smallest absolute Gasteiger partial charge is 0.322 e. The summed E-state index contributed by atoms with van der Waals surface area (Å²) in [4.78, 5) is 72.0. The highest BCUT2D eigenvalue weighted by Gasteiger charge is 2.24. The summed E-state index contributed by atoms with van der Waals surface area (Å²) >= 11 is 1.12. The molecule has 0 saturated heterocycles. The van der Waals surface area contributed by atoms with Crippen LogP contribution in [0.25, 0.3) is 10.2 Å². The third-order valence-corrected chi connectivity index (χ3v) is 10.9. The molecule has 1 saturated carbocycles. The van der Waals surface area contributed by atoms with Gasteiger partial charge in [-0.3, -0.25) is 28.8 Å². The molecular formula is C46H55FN6O9S. The van der Waals surface area contributed by atoms with E-state index in [2.05, 4.69) is 31.2 Å². The Morgan fingerprint density at radius 2 is 1.30 bits per heavy atom. The zero-order chi connectivity index (χ0) is 45.4. The zero-order valence-electron chi connectivity index (χ0n) is 34.9. The standard InChI is InChI=1S/C28H37FN4O3S.2C9H9NO3/c29-22-6-4-5-20(19-22)11-14-30-16-13-25(35)33(23-7-2-1-3-8-23)18-17-31-15-12-21-9-10-24(34)26-27(21)37-28(36)32-26;2*11-8(12)6-10-9(13)7-4-2-1-3-5-7/h4-6,9-10,19,23,30-31,34H,1-3,7-8,11-18H2,(H,32,36);2*1-5H,6H2,(H,10,13)(H,11,12). The van der Waals surface area contributed by atoms with Crippen LogP contribution < -0.4 is 26.1 Å². The number of rotatable bonds is 19. The van der Waals surface area contributed by atoms with Gasteiger partial charge in [-0.15, -0.1) is 0 Å². The van der Waals surface area contributed by atoms with Crippen LogP contribution in [-0.2, 0) is 27.2 Å². The lowest BCUT2D eigenvalue weighted by atomic mass is 9.94. The van der Waals surface area contributed by atoms with E-state index in [1.54, 1.807) is 78.9 Å². The number of thiazole rings is 1. The summed E-state index contributed by atoms with van der Waals surface area (Å²) < 4.78 is 14.1. The molecule has 0 unspecified atom stereocenters. The number of benzene rings is 4. The van der Waals surface area contributed by atoms with E-state index in [1.165, 1.54) is 25.3 Å². The van der Waals surface area contributed by atoms with E-state index in [9.17, 15) is 38.3 Å². The number of aromatic amines is 1. The van der Waals surface area contributed by atoms with Crippen LogP contribution in [0.2, 0.25) is 0 Å². The molecule has 8 N–H and O–H groups in total. The number of hydrogen-bond acceptors (Lipinski definition) is 10. The summed E-state index contributed by atoms with van der Waals surface area (Å²) in [6.07, 6.45) is 7.64. The fourth-order valence-corrected chi connectivity index (χ4v) is 7.70. The Labute approximate surface area is 368 Å². The number of amides is 3. The lowest BCUT2D eigenvalue weighted by Gasteiger charge is -2.34. The van der Waals surface area contributed by atoms with Gasteiger partial charge in [0.15, 0.2) is 0 Å². The average molecular weight is 887 g/mol. The Kier molecular flexibility index (Phi) is 20.9. The number of aromatic nitrogens is 1. The number of carboxylic acid groups (broad SMARTS) is 2. The van der Waals surface area contributed by atoms with E-state index in [1.807, 2.05) is 12.1 Å². The number of aromatic hydroxyl groups is 1. The van der Waals surface area contributed by atoms with Gasteiger partial charge in [0.25, 0.3) is 11.8 Å². The molecule has 0 aliphatic heterocycles. The van der Waals surface area contributed by atoms with Gasteiger partial charge in [0, 0.05) is 43.2 Å². The first kappa shape index (κ1) is 49.2. The van der Waals surface area contributed by atoms with Crippen molar-refractivity contribution in [1.29, 1.82) is 0 Å². The molecule has 0 spiro atoms. The number of nitrogens with one attached hydrogen (secondary N) is 5. The molecule has 0 radical (unpaired) electrons. The summed E-state index contributed by atoms with van der Waals surface area (Å²) in [5, 5.41) is 37.9. The number of halogens is 1. The maximum Gasteiger partial charge on any atom is 0.322 e. The molecule has 3 amide bonds. The third-order valence-electron chi connectivity index (χ3n) is 9.94. The van der Waals surface area contributed by atoms with E-state index in [-0.39, 0.29) is 47.3 Å². The number of carboxylic acids is 2. The molecule has 15 nitrogen and oxygen atoms in total. The van der Waals surface area contributed by atoms with Crippen molar-refractivity contribution >= 4 is 51.2 Å². The summed E-state index contributed by atoms with van der Waals surface area (Å²) in [7, 11) is 0. The van der Waals surface area contributed by atoms with E-state index in [4.69, 9.17) is 10.2 Å². The topological polar surface area (TPSA) is 230 Å². The Morgan fingerprint density at radius 1 is 0.714 bits per heavy atom. The molecule has 5 aromatic rings. The number of hydrogen-bond donors (Lipinski definition) is 8. The Hall–Kier alpha value is -6.43. The summed E-state index contributed by atoms with van der Waals surface area (Å²) in [5.41, 5.74) is 3.40. The Bertz CT molecular complexity index is 2220. The van der Waals surface area contributed by atoms with Crippen molar-refractivity contribution in [3.8, 4) is 5.75 Å². The highest BCUT2D eigenvalue weighted by atomic mass is 32.1. The zero-order valence-corrected chi connectivity index (χ0v) is 35.8. The highest BCUT2D eigenvalue weighted by molar-refractivity contribution is 7.16. The second-order valence-corrected chi connectivity index (χ2v) is 15.6. The molecule has 63 heavy (non-hydrogen) atoms. The Morgan fingerprint density at radius 3 is 1.89 bits per heavy atom. The molecule has 0 atom stereocenters. The van der Waals surface area contributed by atoms with E-state index >= 15 is 0 Å². The van der Waals surface area contributed by atoms with Crippen LogP contribution in [0.15, 0.2) is 102 Å². The van der Waals surface area contributed by atoms with E-state index < -0.39 is 11.9 Å². The van der Waals surface area contributed by atoms with Crippen molar-refractivity contribution in [2.24, 2.45) is 0 Å². The highest BCUT2D eigenvalue weighted by Crippen LogP contribution is 2.28. The number of carbonyl (C=O) groups excluding carboxylic acids is 3. The van der Waals surface area contributed by atoms with Gasteiger partial charge in [-0.25, -0.2) is 4.39 Å². The molecule has 336 valence electrons. The van der Waals surface area contributed by atoms with Crippen molar-refractivity contribution in [2.75, 3.05) is 45.8 Å². The Balaban J connectivity index is 0.000000272. The minimum Gasteiger partial charge on any atom is -0.506 e. The van der Waals surface area contributed by atoms with Gasteiger partial charge in [-0.1, -0.05) is 85.2 Å². The minimum absolute atomic E-state index is 0.0927. The number of H-pyrrole nitrogens is 1. The fraction of sp³-hybridized carbons (Fsp3) is 0.348. The summed E-state index contributed by atoms with van der Waals surface area (Å²) in [6, 6.07) is 27.4. The normalized spacial score (nSPS) is 12.2. The lowest BCUT2D eigenvalue weighted by molar-refractivity contribution is -0.136. The monoisotopic (exact) mass is 886 g/mol. The second-order valence-electron chi connectivity index (χ2n) is 14.6. The number of phenols is 1. The van der Waals surface area contributed by atoms with Gasteiger partial charge < -0.3 is 46.5 Å². The molecule has 1 fully saturated rings. The first-order valence-corrected chi connectivity index (χ1v) is 21.6. The third kappa shape index (κ3) is 17.8. The van der Waals surface area contributed by atoms with Crippen LogP contribution in [0.3, 0.4) is 0 Å². The second kappa shape index (κ2) is 26.8. The van der Waals surface area contributed by atoms with Gasteiger partial charge in [0.2, 0.25) is 5.91 Å². The van der Waals surface area contributed by atoms with E-state index in [0.717, 1.165) is 59.4 Å². The van der Waals surface area contributed by atoms with Crippen LogP contribution in [-0.4, -0.2) is 107 Å². The number of carbonyl (C=O) groups is 5. The molecule has 1 aliphatic rings. The predicted octanol–water partition coefficient (Wildman–Crippen LogP) is 4.95. The van der Waals surface area contributed by atoms with E-state index in [0.29, 0.717) is 55.3 Å². The molecule has 1 aromatic heterocycles. The maximum absolute atomic E-state index is 13.3. The van der Waals surface area contributed by atoms with Crippen molar-refractivity contribution < 1.29 is 43.7 Å². The van der Waals surface area contributed by atoms with Crippen LogP contribution in [0, 0.1) is 5.82 Å².